The fraction of sp³-hybridized carbons (Fsp3) is 0.290. The molecule has 7 heteroatoms. The molecule has 0 aliphatic rings. The number of carboxylic acids is 1. The molecule has 1 atom stereocenters. The molecule has 0 heterocycles. The number of thioether (sulfide) groups is 1. The summed E-state index contributed by atoms with van der Waals surface area (Å²) in [6.07, 6.45) is 7.31. The monoisotopic (exact) mass is 534 g/mol. The summed E-state index contributed by atoms with van der Waals surface area (Å²) >= 11 is 1.58. The van der Waals surface area contributed by atoms with E-state index in [1.165, 1.54) is 7.11 Å². The minimum atomic E-state index is -0.815. The number of hydrogen-bond acceptors (Lipinski definition) is 6. The van der Waals surface area contributed by atoms with Gasteiger partial charge in [-0.15, -0.1) is 11.8 Å². The summed E-state index contributed by atoms with van der Waals surface area (Å²) in [6.45, 7) is 1.31. The second-order valence-corrected chi connectivity index (χ2v) is 9.91. The third-order valence-electron chi connectivity index (χ3n) is 5.65. The Kier molecular flexibility index (Phi) is 12.3. The quantitative estimate of drug-likeness (QED) is 0.0933. The maximum absolute atomic E-state index is 11.6. The fourth-order valence-corrected chi connectivity index (χ4v) is 4.67. The van der Waals surface area contributed by atoms with Crippen molar-refractivity contribution in [2.45, 2.75) is 42.2 Å². The average molecular weight is 535 g/mol. The average Bonchev–Trinajstić information content (AvgIpc) is 2.94. The zero-order chi connectivity index (χ0) is 27.0. The molecule has 0 aromatic heterocycles. The van der Waals surface area contributed by atoms with Crippen molar-refractivity contribution >= 4 is 23.7 Å². The van der Waals surface area contributed by atoms with Crippen LogP contribution in [0.15, 0.2) is 95.9 Å². The maximum Gasteiger partial charge on any atom is 0.337 e. The molecule has 6 nitrogen and oxygen atoms in total. The Balaban J connectivity index is 1.42. The largest absolute Gasteiger partial charge is 0.494 e. The molecule has 200 valence electrons. The second-order valence-electron chi connectivity index (χ2n) is 8.60. The number of allylic oxidation sites excluding steroid dienone is 1. The van der Waals surface area contributed by atoms with Gasteiger partial charge in [0.25, 0.3) is 0 Å². The van der Waals surface area contributed by atoms with Gasteiger partial charge in [0, 0.05) is 16.6 Å². The summed E-state index contributed by atoms with van der Waals surface area (Å²) in [5.41, 5.74) is 1.63. The molecule has 0 radical (unpaired) electrons. The Morgan fingerprint density at radius 1 is 0.868 bits per heavy atom. The third-order valence-corrected chi connectivity index (χ3v) is 6.89. The number of carboxylic acid groups (broad SMARTS) is 1. The van der Waals surface area contributed by atoms with Crippen LogP contribution >= 0.6 is 11.8 Å². The van der Waals surface area contributed by atoms with Gasteiger partial charge in [0.2, 0.25) is 0 Å². The first kappa shape index (κ1) is 28.9. The molecule has 38 heavy (non-hydrogen) atoms. The van der Waals surface area contributed by atoms with Crippen LogP contribution in [-0.2, 0) is 16.0 Å². The van der Waals surface area contributed by atoms with E-state index < -0.39 is 5.97 Å². The van der Waals surface area contributed by atoms with Gasteiger partial charge in [-0.25, -0.2) is 4.79 Å². The molecule has 3 rings (SSSR count). The predicted octanol–water partition coefficient (Wildman–Crippen LogP) is 6.84. The number of methoxy groups -OCH3 is 1. The number of esters is 1. The van der Waals surface area contributed by atoms with Crippen molar-refractivity contribution in [1.82, 2.24) is 0 Å². The van der Waals surface area contributed by atoms with Gasteiger partial charge in [-0.1, -0.05) is 42.5 Å². The van der Waals surface area contributed by atoms with Gasteiger partial charge in [0.15, 0.2) is 0 Å². The van der Waals surface area contributed by atoms with Crippen LogP contribution in [0, 0.1) is 0 Å². The van der Waals surface area contributed by atoms with E-state index in [2.05, 4.69) is 12.2 Å². The molecule has 0 saturated carbocycles. The van der Waals surface area contributed by atoms with Crippen LogP contribution in [0.5, 0.6) is 11.5 Å². The normalized spacial score (nSPS) is 11.7. The van der Waals surface area contributed by atoms with Crippen LogP contribution < -0.4 is 9.47 Å². The standard InChI is InChI=1S/C31H34O6S/c1-35-31(34)25-14-18-29(19-15-25)38-28(20-21-30(32)33)11-7-8-24-12-16-27(17-13-24)37-23-6-5-22-36-26-9-3-2-4-10-26/h2-4,7,9-19,28H,5-6,8,20-23H2,1H3,(H,32,33)/b11-7-. The van der Waals surface area contributed by atoms with E-state index >= 15 is 0 Å². The Morgan fingerprint density at radius 2 is 1.50 bits per heavy atom. The number of aliphatic carboxylic acids is 1. The molecule has 0 bridgehead atoms. The van der Waals surface area contributed by atoms with Crippen LogP contribution in [0.25, 0.3) is 0 Å². The minimum absolute atomic E-state index is 0.00329. The molecule has 0 amide bonds. The number of carbonyl (C=O) groups excluding carboxylic acids is 1. The molecule has 0 fully saturated rings. The Hall–Kier alpha value is -3.71. The van der Waals surface area contributed by atoms with Crippen LogP contribution in [0.2, 0.25) is 0 Å². The second kappa shape index (κ2) is 16.2. The lowest BCUT2D eigenvalue weighted by molar-refractivity contribution is -0.137. The zero-order valence-corrected chi connectivity index (χ0v) is 22.4. The molecule has 3 aromatic carbocycles. The van der Waals surface area contributed by atoms with Crippen molar-refractivity contribution in [3.05, 3.63) is 102 Å². The van der Waals surface area contributed by atoms with Crippen molar-refractivity contribution < 1.29 is 28.9 Å². The van der Waals surface area contributed by atoms with Crippen molar-refractivity contribution in [2.75, 3.05) is 20.3 Å². The Bertz CT molecular complexity index is 1140. The third kappa shape index (κ3) is 10.7. The smallest absolute Gasteiger partial charge is 0.337 e. The maximum atomic E-state index is 11.6. The van der Waals surface area contributed by atoms with Crippen LogP contribution in [-0.4, -0.2) is 42.6 Å². The molecule has 0 saturated heterocycles. The van der Waals surface area contributed by atoms with Gasteiger partial charge in [0.05, 0.1) is 25.9 Å². The highest BCUT2D eigenvalue weighted by atomic mass is 32.2. The van der Waals surface area contributed by atoms with Crippen molar-refractivity contribution in [3.8, 4) is 11.5 Å². The van der Waals surface area contributed by atoms with Crippen LogP contribution in [0.3, 0.4) is 0 Å². The van der Waals surface area contributed by atoms with Gasteiger partial charge in [-0.2, -0.15) is 0 Å². The molecule has 0 spiro atoms. The summed E-state index contributed by atoms with van der Waals surface area (Å²) in [6, 6.07) is 25.0. The highest BCUT2D eigenvalue weighted by Gasteiger charge is 2.11. The Labute approximate surface area is 228 Å². The molecule has 1 N–H and O–H groups in total. The number of ether oxygens (including phenoxy) is 3. The molecule has 1 unspecified atom stereocenters. The zero-order valence-electron chi connectivity index (χ0n) is 21.6. The van der Waals surface area contributed by atoms with Crippen LogP contribution in [0.1, 0.15) is 41.6 Å². The van der Waals surface area contributed by atoms with Crippen molar-refractivity contribution in [1.29, 1.82) is 0 Å². The highest BCUT2D eigenvalue weighted by molar-refractivity contribution is 8.00. The van der Waals surface area contributed by atoms with Gasteiger partial charge in [-0.05, 0) is 79.8 Å². The van der Waals surface area contributed by atoms with E-state index in [1.807, 2.05) is 66.7 Å². The number of carbonyl (C=O) groups is 2. The summed E-state index contributed by atoms with van der Waals surface area (Å²) in [4.78, 5) is 23.7. The predicted molar refractivity (Wildman–Crippen MR) is 150 cm³/mol. The lowest BCUT2D eigenvalue weighted by atomic mass is 10.1. The first-order valence-corrected chi connectivity index (χ1v) is 13.5. The van der Waals surface area contributed by atoms with E-state index in [0.29, 0.717) is 25.2 Å². The van der Waals surface area contributed by atoms with Gasteiger partial charge < -0.3 is 19.3 Å². The summed E-state index contributed by atoms with van der Waals surface area (Å²) in [5, 5.41) is 9.13. The van der Waals surface area contributed by atoms with Gasteiger partial charge in [-0.3, -0.25) is 4.79 Å². The first-order chi connectivity index (χ1) is 18.5. The molecular formula is C31H34O6S. The number of unbranched alkanes of at least 4 members (excludes halogenated alkanes) is 1. The number of benzene rings is 3. The molecule has 0 aliphatic carbocycles. The van der Waals surface area contributed by atoms with Crippen LogP contribution in [0.4, 0.5) is 0 Å². The summed E-state index contributed by atoms with van der Waals surface area (Å²) < 4.78 is 16.3. The number of rotatable bonds is 16. The van der Waals surface area contributed by atoms with E-state index in [9.17, 15) is 9.59 Å². The lowest BCUT2D eigenvalue weighted by Crippen LogP contribution is -2.04. The van der Waals surface area contributed by atoms with E-state index in [-0.39, 0.29) is 17.6 Å². The fourth-order valence-electron chi connectivity index (χ4n) is 3.60. The van der Waals surface area contributed by atoms with Crippen molar-refractivity contribution in [2.24, 2.45) is 0 Å². The molecule has 3 aromatic rings. The lowest BCUT2D eigenvalue weighted by Gasteiger charge is -2.12. The number of para-hydroxylation sites is 1. The molecule has 0 aliphatic heterocycles. The molecular weight excluding hydrogens is 500 g/mol. The summed E-state index contributed by atoms with van der Waals surface area (Å²) in [7, 11) is 1.35. The Morgan fingerprint density at radius 3 is 2.11 bits per heavy atom. The topological polar surface area (TPSA) is 82.1 Å². The SMILES string of the molecule is COC(=O)c1ccc(SC(/C=C\Cc2ccc(OCCCCOc3ccccc3)cc2)CCC(=O)O)cc1. The van der Waals surface area contributed by atoms with Crippen molar-refractivity contribution in [3.63, 3.8) is 0 Å². The van der Waals surface area contributed by atoms with E-state index in [4.69, 9.17) is 19.3 Å². The first-order valence-electron chi connectivity index (χ1n) is 12.7. The van der Waals surface area contributed by atoms with Gasteiger partial charge >= 0.3 is 11.9 Å². The minimum Gasteiger partial charge on any atom is -0.494 e. The number of hydrogen-bond donors (Lipinski definition) is 1. The summed E-state index contributed by atoms with van der Waals surface area (Å²) in [5.74, 6) is 0.532. The van der Waals surface area contributed by atoms with E-state index in [0.717, 1.165) is 41.2 Å². The highest BCUT2D eigenvalue weighted by Crippen LogP contribution is 2.28. The van der Waals surface area contributed by atoms with Gasteiger partial charge in [0.1, 0.15) is 11.5 Å². The van der Waals surface area contributed by atoms with E-state index in [1.54, 1.807) is 23.9 Å².